The summed E-state index contributed by atoms with van der Waals surface area (Å²) in [6, 6.07) is 7.21. The summed E-state index contributed by atoms with van der Waals surface area (Å²) in [6.07, 6.45) is 8.39. The Morgan fingerprint density at radius 2 is 1.90 bits per heavy atom. The van der Waals surface area contributed by atoms with E-state index in [-0.39, 0.29) is 22.4 Å². The minimum absolute atomic E-state index is 0.107. The molecule has 3 rings (SSSR count). The number of hydrogen-bond donors (Lipinski definition) is 4. The molecule has 1 atom stereocenters. The van der Waals surface area contributed by atoms with Crippen molar-refractivity contribution in [1.82, 2.24) is 9.71 Å². The molecule has 8 nitrogen and oxygen atoms in total. The molecule has 0 spiro atoms. The van der Waals surface area contributed by atoms with Crippen LogP contribution in [0.1, 0.15) is 44.6 Å². The summed E-state index contributed by atoms with van der Waals surface area (Å²) in [4.78, 5) is 4.20. The quantitative estimate of drug-likeness (QED) is 0.311. The van der Waals surface area contributed by atoms with Gasteiger partial charge in [-0.05, 0) is 61.6 Å². The van der Waals surface area contributed by atoms with Crippen LogP contribution >= 0.6 is 0 Å². The Hall–Kier alpha value is -2.65. The molecule has 4 N–H and O–H groups in total. The van der Waals surface area contributed by atoms with Gasteiger partial charge in [-0.25, -0.2) is 18.1 Å². The van der Waals surface area contributed by atoms with Crippen molar-refractivity contribution in [2.45, 2.75) is 50.0 Å². The standard InChI is InChI=1S/C20H26N4O4S/c1-14(16-5-3-2-4-6-16)24-29(27,28)17-8-10-20(21-13-17)23-22-12-15-7-9-18(25)19(26)11-15/h7-14,16,24-26H,2-6H2,1H3,(H,21,23)/b22-12+/t14-/m1/s1. The van der Waals surface area contributed by atoms with E-state index in [9.17, 15) is 18.6 Å². The van der Waals surface area contributed by atoms with Crippen molar-refractivity contribution in [3.05, 3.63) is 42.1 Å². The molecule has 2 aromatic rings. The molecule has 0 amide bonds. The van der Waals surface area contributed by atoms with Crippen LogP contribution in [0.3, 0.4) is 0 Å². The number of benzene rings is 1. The van der Waals surface area contributed by atoms with Crippen molar-refractivity contribution < 1.29 is 18.6 Å². The number of rotatable bonds is 7. The SMILES string of the molecule is C[C@@H](NS(=O)(=O)c1ccc(N/N=C/c2ccc(O)c(O)c2)nc1)C1CCCCC1. The van der Waals surface area contributed by atoms with Gasteiger partial charge in [0.15, 0.2) is 11.5 Å². The molecule has 0 unspecified atom stereocenters. The first-order valence-corrected chi connectivity index (χ1v) is 11.1. The Morgan fingerprint density at radius 3 is 2.55 bits per heavy atom. The Bertz CT molecular complexity index is 955. The number of nitrogens with one attached hydrogen (secondary N) is 2. The molecule has 0 saturated heterocycles. The second kappa shape index (κ2) is 9.23. The average molecular weight is 419 g/mol. The zero-order valence-corrected chi connectivity index (χ0v) is 17.1. The van der Waals surface area contributed by atoms with E-state index in [1.165, 1.54) is 43.1 Å². The van der Waals surface area contributed by atoms with Gasteiger partial charge in [0.25, 0.3) is 0 Å². The van der Waals surface area contributed by atoms with Crippen LogP contribution in [-0.2, 0) is 10.0 Å². The maximum atomic E-state index is 12.6. The van der Waals surface area contributed by atoms with Gasteiger partial charge >= 0.3 is 0 Å². The number of sulfonamides is 1. The maximum absolute atomic E-state index is 12.6. The molecule has 1 aromatic heterocycles. The van der Waals surface area contributed by atoms with Gasteiger partial charge in [-0.2, -0.15) is 5.10 Å². The summed E-state index contributed by atoms with van der Waals surface area (Å²) in [7, 11) is -3.63. The molecule has 1 aliphatic carbocycles. The van der Waals surface area contributed by atoms with Gasteiger partial charge < -0.3 is 10.2 Å². The van der Waals surface area contributed by atoms with Crippen LogP contribution < -0.4 is 10.1 Å². The van der Waals surface area contributed by atoms with Gasteiger partial charge in [0.1, 0.15) is 10.7 Å². The molecular formula is C20H26N4O4S. The van der Waals surface area contributed by atoms with Crippen LogP contribution in [0.5, 0.6) is 11.5 Å². The number of phenols is 2. The van der Waals surface area contributed by atoms with E-state index >= 15 is 0 Å². The third kappa shape index (κ3) is 5.68. The third-order valence-electron chi connectivity index (χ3n) is 5.14. The summed E-state index contributed by atoms with van der Waals surface area (Å²) in [5, 5.41) is 22.7. The summed E-state index contributed by atoms with van der Waals surface area (Å²) in [6.45, 7) is 1.92. The molecule has 1 aromatic carbocycles. The van der Waals surface area contributed by atoms with Gasteiger partial charge in [0, 0.05) is 12.2 Å². The summed E-state index contributed by atoms with van der Waals surface area (Å²) >= 11 is 0. The summed E-state index contributed by atoms with van der Waals surface area (Å²) in [5.74, 6) is 0.307. The first-order chi connectivity index (χ1) is 13.8. The molecular weight excluding hydrogens is 392 g/mol. The monoisotopic (exact) mass is 418 g/mol. The van der Waals surface area contributed by atoms with Crippen molar-refractivity contribution >= 4 is 22.1 Å². The molecule has 1 heterocycles. The van der Waals surface area contributed by atoms with E-state index in [1.807, 2.05) is 6.92 Å². The lowest BCUT2D eigenvalue weighted by Gasteiger charge is -2.28. The van der Waals surface area contributed by atoms with Gasteiger partial charge in [-0.15, -0.1) is 0 Å². The normalized spacial score (nSPS) is 16.7. The first-order valence-electron chi connectivity index (χ1n) is 9.64. The van der Waals surface area contributed by atoms with Crippen LogP contribution in [-0.4, -0.2) is 35.9 Å². The van der Waals surface area contributed by atoms with E-state index in [0.717, 1.165) is 25.7 Å². The van der Waals surface area contributed by atoms with Crippen LogP contribution in [0.4, 0.5) is 5.82 Å². The van der Waals surface area contributed by atoms with Crippen molar-refractivity contribution in [2.75, 3.05) is 5.43 Å². The summed E-state index contributed by atoms with van der Waals surface area (Å²) in [5.41, 5.74) is 3.27. The fourth-order valence-electron chi connectivity index (χ4n) is 3.44. The van der Waals surface area contributed by atoms with Crippen molar-refractivity contribution in [1.29, 1.82) is 0 Å². The lowest BCUT2D eigenvalue weighted by molar-refractivity contribution is 0.303. The molecule has 156 valence electrons. The van der Waals surface area contributed by atoms with Gasteiger partial charge in [0.2, 0.25) is 10.0 Å². The summed E-state index contributed by atoms with van der Waals surface area (Å²) < 4.78 is 28.0. The predicted octanol–water partition coefficient (Wildman–Crippen LogP) is 3.19. The second-order valence-corrected chi connectivity index (χ2v) is 9.02. The smallest absolute Gasteiger partial charge is 0.242 e. The highest BCUT2D eigenvalue weighted by atomic mass is 32.2. The van der Waals surface area contributed by atoms with E-state index < -0.39 is 10.0 Å². The predicted molar refractivity (Wildman–Crippen MR) is 112 cm³/mol. The highest BCUT2D eigenvalue weighted by Crippen LogP contribution is 2.27. The minimum atomic E-state index is -3.63. The van der Waals surface area contributed by atoms with Crippen LogP contribution in [0.25, 0.3) is 0 Å². The molecule has 0 radical (unpaired) electrons. The topological polar surface area (TPSA) is 124 Å². The highest BCUT2D eigenvalue weighted by Gasteiger charge is 2.25. The van der Waals surface area contributed by atoms with Crippen molar-refractivity contribution in [2.24, 2.45) is 11.0 Å². The second-order valence-electron chi connectivity index (χ2n) is 7.31. The fraction of sp³-hybridized carbons (Fsp3) is 0.400. The number of aromatic nitrogens is 1. The zero-order valence-electron chi connectivity index (χ0n) is 16.2. The molecule has 29 heavy (non-hydrogen) atoms. The molecule has 0 aliphatic heterocycles. The Kier molecular flexibility index (Phi) is 6.71. The lowest BCUT2D eigenvalue weighted by Crippen LogP contribution is -2.38. The average Bonchev–Trinajstić information content (AvgIpc) is 2.71. The van der Waals surface area contributed by atoms with E-state index in [4.69, 9.17) is 0 Å². The number of aromatic hydroxyl groups is 2. The highest BCUT2D eigenvalue weighted by molar-refractivity contribution is 7.89. The van der Waals surface area contributed by atoms with E-state index in [2.05, 4.69) is 20.2 Å². The number of pyridine rings is 1. The van der Waals surface area contributed by atoms with Crippen molar-refractivity contribution in [3.8, 4) is 11.5 Å². The third-order valence-corrected chi connectivity index (χ3v) is 6.68. The number of hydrazone groups is 1. The lowest BCUT2D eigenvalue weighted by atomic mass is 9.85. The van der Waals surface area contributed by atoms with E-state index in [0.29, 0.717) is 17.3 Å². The van der Waals surface area contributed by atoms with Crippen LogP contribution in [0, 0.1) is 5.92 Å². The molecule has 1 fully saturated rings. The first kappa shape index (κ1) is 21.1. The number of anilines is 1. The van der Waals surface area contributed by atoms with Gasteiger partial charge in [-0.3, -0.25) is 5.43 Å². The molecule has 1 aliphatic rings. The Labute approximate surface area is 170 Å². The van der Waals surface area contributed by atoms with Gasteiger partial charge in [0.05, 0.1) is 6.21 Å². The number of hydrogen-bond acceptors (Lipinski definition) is 7. The molecule has 0 bridgehead atoms. The van der Waals surface area contributed by atoms with Gasteiger partial charge in [-0.1, -0.05) is 19.3 Å². The van der Waals surface area contributed by atoms with Crippen LogP contribution in [0.2, 0.25) is 0 Å². The Morgan fingerprint density at radius 1 is 1.14 bits per heavy atom. The zero-order chi connectivity index (χ0) is 20.9. The minimum Gasteiger partial charge on any atom is -0.504 e. The largest absolute Gasteiger partial charge is 0.504 e. The molecule has 1 saturated carbocycles. The van der Waals surface area contributed by atoms with Crippen molar-refractivity contribution in [3.63, 3.8) is 0 Å². The Balaban J connectivity index is 1.59. The molecule has 9 heteroatoms. The number of phenolic OH excluding ortho intramolecular Hbond substituents is 2. The van der Waals surface area contributed by atoms with Crippen LogP contribution in [0.15, 0.2) is 46.5 Å². The maximum Gasteiger partial charge on any atom is 0.242 e. The van der Waals surface area contributed by atoms with E-state index in [1.54, 1.807) is 6.07 Å². The fourth-order valence-corrected chi connectivity index (χ4v) is 4.70. The number of nitrogens with zero attached hydrogens (tertiary/aromatic N) is 2.